The Labute approximate surface area is 302 Å². The van der Waals surface area contributed by atoms with Crippen molar-refractivity contribution in [1.82, 2.24) is 4.90 Å². The van der Waals surface area contributed by atoms with Gasteiger partial charge in [0.1, 0.15) is 24.1 Å². The lowest BCUT2D eigenvalue weighted by Gasteiger charge is -2.37. The summed E-state index contributed by atoms with van der Waals surface area (Å²) in [7, 11) is 1.77. The molecule has 3 saturated heterocycles. The van der Waals surface area contributed by atoms with E-state index in [1.165, 1.54) is 0 Å². The first kappa shape index (κ1) is 36.4. The average molecular weight is 720 g/mol. The number of carbonyl (C=O) groups excluding carboxylic acids is 2. The molecular weight excluding hydrogens is 670 g/mol. The van der Waals surface area contributed by atoms with E-state index in [1.807, 2.05) is 54.6 Å². The van der Waals surface area contributed by atoms with Crippen molar-refractivity contribution in [3.63, 3.8) is 0 Å². The Bertz CT molecular complexity index is 1700. The number of hydrogen-bond acceptors (Lipinski definition) is 7. The van der Waals surface area contributed by atoms with E-state index in [1.54, 1.807) is 13.2 Å². The van der Waals surface area contributed by atoms with E-state index in [9.17, 15) is 9.59 Å². The van der Waals surface area contributed by atoms with Crippen LogP contribution in [0, 0.1) is 0 Å². The number of morpholine rings is 1. The molecule has 3 aromatic carbocycles. The molecule has 0 radical (unpaired) electrons. The normalized spacial score (nSPS) is 22.8. The Morgan fingerprint density at radius 2 is 1.68 bits per heavy atom. The van der Waals surface area contributed by atoms with Gasteiger partial charge in [0.05, 0.1) is 30.1 Å². The molecule has 0 saturated carbocycles. The summed E-state index contributed by atoms with van der Waals surface area (Å²) in [4.78, 5) is 28.6. The van der Waals surface area contributed by atoms with Crippen molar-refractivity contribution in [3.05, 3.63) is 76.8 Å². The van der Waals surface area contributed by atoms with Crippen molar-refractivity contribution < 1.29 is 28.2 Å². The van der Waals surface area contributed by atoms with E-state index in [-0.39, 0.29) is 29.3 Å². The maximum atomic E-state index is 13.2. The molecule has 3 aliphatic heterocycles. The van der Waals surface area contributed by atoms with Crippen molar-refractivity contribution >= 4 is 43.3 Å². The third-order valence-corrected chi connectivity index (χ3v) is 15.8. The molecular formula is C39H50ClN3O6Si. The molecule has 2 bridgehead atoms. The number of rotatable bonds is 12. The molecule has 3 aliphatic rings. The summed E-state index contributed by atoms with van der Waals surface area (Å²) in [5, 5.41) is 6.51. The number of ether oxygens (including phenoxy) is 3. The number of piperidine rings is 1. The fourth-order valence-electron chi connectivity index (χ4n) is 6.94. The van der Waals surface area contributed by atoms with Gasteiger partial charge in [-0.3, -0.25) is 15.0 Å². The van der Waals surface area contributed by atoms with Crippen molar-refractivity contribution in [2.75, 3.05) is 24.8 Å². The molecule has 4 unspecified atom stereocenters. The largest absolute Gasteiger partial charge is 0.496 e. The maximum absolute atomic E-state index is 13.2. The molecule has 0 aliphatic carbocycles. The number of amides is 2. The summed E-state index contributed by atoms with van der Waals surface area (Å²) in [6, 6.07) is 20.2. The average Bonchev–Trinajstić information content (AvgIpc) is 3.83. The minimum atomic E-state index is -1.97. The third-order valence-electron chi connectivity index (χ3n) is 11.0. The molecule has 268 valence electrons. The van der Waals surface area contributed by atoms with Crippen molar-refractivity contribution in [1.29, 1.82) is 0 Å². The predicted molar refractivity (Wildman–Crippen MR) is 201 cm³/mol. The molecule has 50 heavy (non-hydrogen) atoms. The van der Waals surface area contributed by atoms with Crippen molar-refractivity contribution in [2.45, 2.75) is 108 Å². The standard InChI is InChI=1S/C39H50ClN3O6Si/c1-39(2,3)50(6,7)47-23-26-19-29(40)31(22-34(26)46-5)41-35(44)15-11-12-24-16-17-28(25-13-9-8-10-14-25)30(18-24)42-38(45)48-27-20-32-36-37(49-36)33(21-27)43(32)4/h8-10,13-14,16-19,22,27,32-33,36-37H,11-12,15,20-21,23H2,1-7H3,(H,41,44)(H,42,45). The highest BCUT2D eigenvalue weighted by atomic mass is 35.5. The van der Waals surface area contributed by atoms with Gasteiger partial charge in [0, 0.05) is 48.5 Å². The molecule has 3 heterocycles. The summed E-state index contributed by atoms with van der Waals surface area (Å²) in [6.45, 7) is 11.4. The SMILES string of the molecule is COc1cc(NC(=O)CCCc2ccc(-c3ccccc3)c(NC(=O)OC3CC4C5OC5C(C3)N4C)c2)c(Cl)cc1CO[Si](C)(C)C(C)(C)C. The van der Waals surface area contributed by atoms with Gasteiger partial charge in [0.25, 0.3) is 0 Å². The number of anilines is 2. The number of hydrogen-bond donors (Lipinski definition) is 2. The van der Waals surface area contributed by atoms with Crippen molar-refractivity contribution in [3.8, 4) is 16.9 Å². The maximum Gasteiger partial charge on any atom is 0.411 e. The van der Waals surface area contributed by atoms with Crippen LogP contribution in [0.25, 0.3) is 11.1 Å². The van der Waals surface area contributed by atoms with E-state index in [0.717, 1.165) is 35.1 Å². The van der Waals surface area contributed by atoms with Crippen LogP contribution in [0.4, 0.5) is 16.2 Å². The molecule has 3 fully saturated rings. The van der Waals surface area contributed by atoms with E-state index in [4.69, 9.17) is 30.2 Å². The lowest BCUT2D eigenvalue weighted by Crippen LogP contribution is -2.48. The second-order valence-corrected chi connectivity index (χ2v) is 20.5. The Morgan fingerprint density at radius 1 is 0.980 bits per heavy atom. The van der Waals surface area contributed by atoms with E-state index < -0.39 is 14.4 Å². The number of likely N-dealkylation sites (N-methyl/N-ethyl adjacent to an activating group) is 1. The van der Waals surface area contributed by atoms with Crippen LogP contribution >= 0.6 is 11.6 Å². The first-order valence-electron chi connectivity index (χ1n) is 17.6. The molecule has 0 spiro atoms. The van der Waals surface area contributed by atoms with Gasteiger partial charge in [-0.05, 0) is 61.3 Å². The predicted octanol–water partition coefficient (Wildman–Crippen LogP) is 8.66. The third kappa shape index (κ3) is 8.05. The fraction of sp³-hybridized carbons (Fsp3) is 0.487. The molecule has 2 amide bonds. The van der Waals surface area contributed by atoms with Gasteiger partial charge in [-0.25, -0.2) is 4.79 Å². The van der Waals surface area contributed by atoms with Gasteiger partial charge in [-0.2, -0.15) is 0 Å². The molecule has 2 N–H and O–H groups in total. The van der Waals surface area contributed by atoms with E-state index in [2.05, 4.69) is 56.4 Å². The van der Waals surface area contributed by atoms with Gasteiger partial charge < -0.3 is 24.0 Å². The zero-order chi connectivity index (χ0) is 35.8. The van der Waals surface area contributed by atoms with Gasteiger partial charge in [-0.15, -0.1) is 0 Å². The number of epoxide rings is 1. The second-order valence-electron chi connectivity index (χ2n) is 15.3. The quantitative estimate of drug-likeness (QED) is 0.143. The number of carbonyl (C=O) groups is 2. The van der Waals surface area contributed by atoms with Gasteiger partial charge >= 0.3 is 6.09 Å². The van der Waals surface area contributed by atoms with Crippen LogP contribution in [-0.4, -0.2) is 69.8 Å². The zero-order valence-electron chi connectivity index (χ0n) is 30.2. The lowest BCUT2D eigenvalue weighted by molar-refractivity contribution is -0.116. The summed E-state index contributed by atoms with van der Waals surface area (Å²) >= 11 is 6.62. The molecule has 11 heteroatoms. The summed E-state index contributed by atoms with van der Waals surface area (Å²) in [5.41, 5.74) is 4.94. The van der Waals surface area contributed by atoms with Gasteiger partial charge in [-0.1, -0.05) is 74.8 Å². The summed E-state index contributed by atoms with van der Waals surface area (Å²) < 4.78 is 23.8. The first-order chi connectivity index (χ1) is 23.7. The van der Waals surface area contributed by atoms with Crippen LogP contribution in [0.5, 0.6) is 5.75 Å². The Hall–Kier alpha value is -3.41. The van der Waals surface area contributed by atoms with Gasteiger partial charge in [0.2, 0.25) is 5.91 Å². The molecule has 0 aromatic heterocycles. The zero-order valence-corrected chi connectivity index (χ0v) is 31.9. The smallest absolute Gasteiger partial charge is 0.411 e. The Morgan fingerprint density at radius 3 is 2.34 bits per heavy atom. The molecule has 4 atom stereocenters. The van der Waals surface area contributed by atoms with Gasteiger partial charge in [0.15, 0.2) is 8.32 Å². The fourth-order valence-corrected chi connectivity index (χ4v) is 8.12. The van der Waals surface area contributed by atoms with Crippen LogP contribution in [0.15, 0.2) is 60.7 Å². The highest BCUT2D eigenvalue weighted by molar-refractivity contribution is 6.74. The number of nitrogens with zero attached hydrogens (tertiary/aromatic N) is 1. The number of benzene rings is 3. The number of methoxy groups -OCH3 is 1. The first-order valence-corrected chi connectivity index (χ1v) is 20.9. The summed E-state index contributed by atoms with van der Waals surface area (Å²) in [5.74, 6) is 0.478. The number of fused-ring (bicyclic) bond motifs is 5. The van der Waals surface area contributed by atoms with Crippen molar-refractivity contribution in [2.24, 2.45) is 0 Å². The molecule has 6 rings (SSSR count). The van der Waals surface area contributed by atoms with Crippen LogP contribution in [0.2, 0.25) is 23.2 Å². The van der Waals surface area contributed by atoms with Crippen LogP contribution in [0.1, 0.15) is 57.6 Å². The lowest BCUT2D eigenvalue weighted by atomic mass is 9.99. The number of aryl methyl sites for hydroxylation is 1. The second kappa shape index (κ2) is 14.7. The topological polar surface area (TPSA) is 102 Å². The minimum absolute atomic E-state index is 0.0779. The number of halogens is 1. The minimum Gasteiger partial charge on any atom is -0.496 e. The Kier molecular flexibility index (Phi) is 10.7. The van der Waals surface area contributed by atoms with Crippen LogP contribution < -0.4 is 15.4 Å². The molecule has 9 nitrogen and oxygen atoms in total. The monoisotopic (exact) mass is 719 g/mol. The summed E-state index contributed by atoms with van der Waals surface area (Å²) in [6.07, 6.45) is 3.08. The van der Waals surface area contributed by atoms with Crippen LogP contribution in [0.3, 0.4) is 0 Å². The van der Waals surface area contributed by atoms with Crippen LogP contribution in [-0.2, 0) is 31.7 Å². The van der Waals surface area contributed by atoms with E-state index >= 15 is 0 Å². The number of nitrogens with one attached hydrogen (secondary N) is 2. The van der Waals surface area contributed by atoms with E-state index in [0.29, 0.717) is 60.1 Å². The molecule has 3 aromatic rings. The highest BCUT2D eigenvalue weighted by Gasteiger charge is 2.62. The Balaban J connectivity index is 1.06. The highest BCUT2D eigenvalue weighted by Crippen LogP contribution is 2.48.